The average molecular weight is 423 g/mol. The molecule has 2 aromatic carbocycles. The number of carbonyl (C=O) groups is 1. The predicted molar refractivity (Wildman–Crippen MR) is 122 cm³/mol. The van der Waals surface area contributed by atoms with Crippen molar-refractivity contribution in [3.63, 3.8) is 0 Å². The quantitative estimate of drug-likeness (QED) is 0.405. The molecule has 1 aliphatic rings. The van der Waals surface area contributed by atoms with Crippen molar-refractivity contribution in [2.45, 2.75) is 12.8 Å². The Morgan fingerprint density at radius 1 is 1.00 bits per heavy atom. The molecule has 1 amide bonds. The molecule has 7 heteroatoms. The van der Waals surface area contributed by atoms with Crippen LogP contribution in [0.1, 0.15) is 23.2 Å². The van der Waals surface area contributed by atoms with E-state index >= 15 is 0 Å². The van der Waals surface area contributed by atoms with Gasteiger partial charge in [-0.1, -0.05) is 30.3 Å². The summed E-state index contributed by atoms with van der Waals surface area (Å²) < 4.78 is 1.46. The minimum atomic E-state index is -0.200. The molecule has 30 heavy (non-hydrogen) atoms. The van der Waals surface area contributed by atoms with E-state index in [1.54, 1.807) is 18.3 Å². The number of carbonyl (C=O) groups excluding carboxylic acids is 1. The van der Waals surface area contributed by atoms with Gasteiger partial charge in [-0.05, 0) is 49.5 Å². The summed E-state index contributed by atoms with van der Waals surface area (Å²) in [7, 11) is 0. The zero-order valence-electron chi connectivity index (χ0n) is 16.5. The summed E-state index contributed by atoms with van der Waals surface area (Å²) >= 11 is 0. The first-order chi connectivity index (χ1) is 14.2. The van der Waals surface area contributed by atoms with Crippen LogP contribution in [0.15, 0.2) is 59.5 Å². The Hall–Kier alpha value is -2.96. The van der Waals surface area contributed by atoms with E-state index in [2.05, 4.69) is 10.2 Å². The van der Waals surface area contributed by atoms with Crippen LogP contribution in [0, 0.1) is 0 Å². The van der Waals surface area contributed by atoms with Gasteiger partial charge in [0.2, 0.25) is 0 Å². The maximum absolute atomic E-state index is 13.1. The number of amides is 1. The Labute approximate surface area is 179 Å². The number of hydrogen-bond acceptors (Lipinski definition) is 4. The Kier molecular flexibility index (Phi) is 5.70. The number of hydrogen-bond donors (Lipinski definition) is 1. The SMILES string of the molecule is Cl.O=C(NCCN1CCCC1)c1cccn2c(=O)c3ccc4ccccc4c3nc12. The lowest BCUT2D eigenvalue weighted by Crippen LogP contribution is -2.34. The Bertz CT molecular complexity index is 1300. The van der Waals surface area contributed by atoms with Gasteiger partial charge in [0, 0.05) is 24.7 Å². The number of likely N-dealkylation sites (tertiary alicyclic amines) is 1. The minimum Gasteiger partial charge on any atom is -0.351 e. The number of benzene rings is 2. The Balaban J connectivity index is 0.00000218. The largest absolute Gasteiger partial charge is 0.351 e. The van der Waals surface area contributed by atoms with Crippen molar-refractivity contribution in [2.24, 2.45) is 0 Å². The molecule has 0 saturated carbocycles. The third-order valence-corrected chi connectivity index (χ3v) is 5.69. The summed E-state index contributed by atoms with van der Waals surface area (Å²) in [5.74, 6) is -0.200. The summed E-state index contributed by atoms with van der Waals surface area (Å²) in [4.78, 5) is 33.1. The molecule has 154 valence electrons. The van der Waals surface area contributed by atoms with Crippen LogP contribution < -0.4 is 10.9 Å². The number of fused-ring (bicyclic) bond motifs is 4. The van der Waals surface area contributed by atoms with E-state index in [0.717, 1.165) is 30.4 Å². The normalized spacial score (nSPS) is 14.3. The van der Waals surface area contributed by atoms with Crippen molar-refractivity contribution >= 4 is 45.6 Å². The molecule has 0 aliphatic carbocycles. The summed E-state index contributed by atoms with van der Waals surface area (Å²) in [5, 5.41) is 5.46. The predicted octanol–water partition coefficient (Wildman–Crippen LogP) is 3.25. The Morgan fingerprint density at radius 3 is 2.63 bits per heavy atom. The van der Waals surface area contributed by atoms with Crippen LogP contribution in [0.5, 0.6) is 0 Å². The minimum absolute atomic E-state index is 0. The van der Waals surface area contributed by atoms with Gasteiger partial charge in [-0.15, -0.1) is 12.4 Å². The van der Waals surface area contributed by atoms with Crippen LogP contribution in [0.3, 0.4) is 0 Å². The summed E-state index contributed by atoms with van der Waals surface area (Å²) in [6.07, 6.45) is 4.12. The summed E-state index contributed by atoms with van der Waals surface area (Å²) in [6, 6.07) is 15.0. The van der Waals surface area contributed by atoms with Gasteiger partial charge in [0.25, 0.3) is 11.5 Å². The molecular weight excluding hydrogens is 400 g/mol. The molecule has 1 N–H and O–H groups in total. The lowest BCUT2D eigenvalue weighted by Gasteiger charge is -2.15. The fourth-order valence-corrected chi connectivity index (χ4v) is 4.17. The second-order valence-corrected chi connectivity index (χ2v) is 7.52. The van der Waals surface area contributed by atoms with Crippen LogP contribution in [0.4, 0.5) is 0 Å². The maximum Gasteiger partial charge on any atom is 0.265 e. The monoisotopic (exact) mass is 422 g/mol. The van der Waals surface area contributed by atoms with Crippen molar-refractivity contribution in [3.8, 4) is 0 Å². The molecule has 1 fully saturated rings. The number of nitrogens with one attached hydrogen (secondary N) is 1. The molecular formula is C23H23ClN4O2. The van der Waals surface area contributed by atoms with Gasteiger partial charge < -0.3 is 10.2 Å². The van der Waals surface area contributed by atoms with Gasteiger partial charge in [0.1, 0.15) is 0 Å². The highest BCUT2D eigenvalue weighted by atomic mass is 35.5. The highest BCUT2D eigenvalue weighted by Crippen LogP contribution is 2.23. The summed E-state index contributed by atoms with van der Waals surface area (Å²) in [6.45, 7) is 3.62. The van der Waals surface area contributed by atoms with Crippen LogP contribution in [0.25, 0.3) is 27.3 Å². The molecule has 6 nitrogen and oxygen atoms in total. The molecule has 0 atom stereocenters. The topological polar surface area (TPSA) is 66.7 Å². The second-order valence-electron chi connectivity index (χ2n) is 7.52. The number of rotatable bonds is 4. The van der Waals surface area contributed by atoms with E-state index in [1.165, 1.54) is 17.2 Å². The van der Waals surface area contributed by atoms with E-state index in [0.29, 0.717) is 28.7 Å². The van der Waals surface area contributed by atoms with E-state index in [-0.39, 0.29) is 23.9 Å². The fourth-order valence-electron chi connectivity index (χ4n) is 4.17. The van der Waals surface area contributed by atoms with Gasteiger partial charge in [0.05, 0.1) is 16.5 Å². The zero-order valence-corrected chi connectivity index (χ0v) is 17.3. The molecule has 1 saturated heterocycles. The van der Waals surface area contributed by atoms with E-state index in [9.17, 15) is 9.59 Å². The van der Waals surface area contributed by atoms with Crippen molar-refractivity contribution in [2.75, 3.05) is 26.2 Å². The molecule has 3 heterocycles. The van der Waals surface area contributed by atoms with Gasteiger partial charge in [-0.2, -0.15) is 0 Å². The zero-order chi connectivity index (χ0) is 19.8. The molecule has 1 aliphatic heterocycles. The van der Waals surface area contributed by atoms with Crippen molar-refractivity contribution in [1.29, 1.82) is 0 Å². The van der Waals surface area contributed by atoms with Crippen LogP contribution >= 0.6 is 12.4 Å². The highest BCUT2D eigenvalue weighted by Gasteiger charge is 2.16. The molecule has 0 bridgehead atoms. The smallest absolute Gasteiger partial charge is 0.265 e. The molecule has 5 rings (SSSR count). The van der Waals surface area contributed by atoms with Crippen LogP contribution in [0.2, 0.25) is 0 Å². The van der Waals surface area contributed by atoms with Gasteiger partial charge >= 0.3 is 0 Å². The Morgan fingerprint density at radius 2 is 1.80 bits per heavy atom. The van der Waals surface area contributed by atoms with E-state index in [1.807, 2.05) is 36.4 Å². The van der Waals surface area contributed by atoms with Gasteiger partial charge in [0.15, 0.2) is 5.65 Å². The number of pyridine rings is 1. The van der Waals surface area contributed by atoms with Gasteiger partial charge in [-0.25, -0.2) is 4.98 Å². The first-order valence-corrected chi connectivity index (χ1v) is 10.1. The third kappa shape index (κ3) is 3.53. The number of nitrogens with zero attached hydrogens (tertiary/aromatic N) is 3. The molecule has 4 aromatic rings. The number of aromatic nitrogens is 2. The standard InChI is InChI=1S/C23H22N4O2.ClH/c28-22(24-11-15-26-12-3-4-13-26)19-8-5-14-27-21(19)25-20-17-7-2-1-6-16(17)9-10-18(20)23(27)29;/h1-2,5-10,14H,3-4,11-13,15H2,(H,24,28);1H. The first-order valence-electron chi connectivity index (χ1n) is 10.1. The average Bonchev–Trinajstić information content (AvgIpc) is 3.27. The lowest BCUT2D eigenvalue weighted by molar-refractivity contribution is 0.0951. The molecule has 2 aromatic heterocycles. The van der Waals surface area contributed by atoms with Crippen molar-refractivity contribution in [1.82, 2.24) is 19.6 Å². The van der Waals surface area contributed by atoms with E-state index < -0.39 is 0 Å². The lowest BCUT2D eigenvalue weighted by atomic mass is 10.1. The van der Waals surface area contributed by atoms with Crippen molar-refractivity contribution in [3.05, 3.63) is 70.6 Å². The second kappa shape index (κ2) is 8.42. The molecule has 0 radical (unpaired) electrons. The fraction of sp³-hybridized carbons (Fsp3) is 0.261. The highest BCUT2D eigenvalue weighted by molar-refractivity contribution is 6.07. The number of halogens is 1. The first kappa shape index (κ1) is 20.3. The molecule has 0 spiro atoms. The van der Waals surface area contributed by atoms with Gasteiger partial charge in [-0.3, -0.25) is 14.0 Å². The summed E-state index contributed by atoms with van der Waals surface area (Å²) in [5.41, 5.74) is 1.27. The molecule has 0 unspecified atom stereocenters. The van der Waals surface area contributed by atoms with E-state index in [4.69, 9.17) is 4.98 Å². The van der Waals surface area contributed by atoms with Crippen LogP contribution in [-0.2, 0) is 0 Å². The van der Waals surface area contributed by atoms with Crippen LogP contribution in [-0.4, -0.2) is 46.4 Å². The maximum atomic E-state index is 13.1. The van der Waals surface area contributed by atoms with Crippen molar-refractivity contribution < 1.29 is 4.79 Å². The third-order valence-electron chi connectivity index (χ3n) is 5.69.